The molecule has 2 rings (SSSR count). The van der Waals surface area contributed by atoms with Crippen LogP contribution in [0, 0.1) is 0 Å². The highest BCUT2D eigenvalue weighted by Crippen LogP contribution is 2.25. The minimum atomic E-state index is 0.700. The van der Waals surface area contributed by atoms with Gasteiger partial charge in [-0.2, -0.15) is 23.5 Å². The van der Waals surface area contributed by atoms with E-state index >= 15 is 0 Å². The highest BCUT2D eigenvalue weighted by Gasteiger charge is 2.14. The van der Waals surface area contributed by atoms with E-state index in [1.165, 1.54) is 17.3 Å². The van der Waals surface area contributed by atoms with Crippen molar-refractivity contribution in [2.45, 2.75) is 5.25 Å². The number of rotatable bonds is 3. The van der Waals surface area contributed by atoms with Crippen LogP contribution < -0.4 is 5.32 Å². The maximum absolute atomic E-state index is 6.00. The highest BCUT2D eigenvalue weighted by molar-refractivity contribution is 8.06. The number of aromatic nitrogens is 1. The standard InChI is InChI=1S/C10H13ClN2S2/c11-9-6-12-2-1-10(9)13-5-8-7-14-3-4-15-8/h1-2,6,8H,3-5,7H2,(H,12,13). The quantitative estimate of drug-likeness (QED) is 0.903. The van der Waals surface area contributed by atoms with Gasteiger partial charge in [0.2, 0.25) is 0 Å². The average Bonchev–Trinajstić information content (AvgIpc) is 2.29. The third-order valence-electron chi connectivity index (χ3n) is 2.18. The molecule has 0 aliphatic carbocycles. The van der Waals surface area contributed by atoms with Gasteiger partial charge in [-0.25, -0.2) is 0 Å². The molecule has 0 radical (unpaired) electrons. The third-order valence-corrected chi connectivity index (χ3v) is 5.32. The Bertz CT molecular complexity index is 316. The summed E-state index contributed by atoms with van der Waals surface area (Å²) in [7, 11) is 0. The van der Waals surface area contributed by atoms with Crippen molar-refractivity contribution >= 4 is 40.8 Å². The molecule has 0 saturated carbocycles. The summed E-state index contributed by atoms with van der Waals surface area (Å²) in [5.41, 5.74) is 0.989. The van der Waals surface area contributed by atoms with E-state index in [1.807, 2.05) is 29.6 Å². The first-order valence-corrected chi connectivity index (χ1v) is 7.47. The molecule has 82 valence electrons. The summed E-state index contributed by atoms with van der Waals surface area (Å²) in [5.74, 6) is 3.79. The van der Waals surface area contributed by atoms with Gasteiger partial charge in [0.05, 0.1) is 10.7 Å². The Morgan fingerprint density at radius 1 is 1.53 bits per heavy atom. The van der Waals surface area contributed by atoms with Gasteiger partial charge in [0.15, 0.2) is 0 Å². The fraction of sp³-hybridized carbons (Fsp3) is 0.500. The second-order valence-electron chi connectivity index (χ2n) is 3.30. The van der Waals surface area contributed by atoms with Gasteiger partial charge in [-0.1, -0.05) is 11.6 Å². The van der Waals surface area contributed by atoms with Crippen molar-refractivity contribution in [1.29, 1.82) is 0 Å². The number of hydrogen-bond donors (Lipinski definition) is 1. The Kier molecular flexibility index (Phi) is 4.47. The van der Waals surface area contributed by atoms with E-state index < -0.39 is 0 Å². The summed E-state index contributed by atoms with van der Waals surface area (Å²) in [5, 5.41) is 4.78. The van der Waals surface area contributed by atoms with E-state index in [4.69, 9.17) is 11.6 Å². The largest absolute Gasteiger partial charge is 0.383 e. The first-order chi connectivity index (χ1) is 7.36. The zero-order valence-corrected chi connectivity index (χ0v) is 10.7. The van der Waals surface area contributed by atoms with Crippen LogP contribution in [0.1, 0.15) is 0 Å². The van der Waals surface area contributed by atoms with Crippen molar-refractivity contribution in [2.75, 3.05) is 29.1 Å². The molecule has 1 aromatic heterocycles. The van der Waals surface area contributed by atoms with Crippen LogP contribution in [0.3, 0.4) is 0 Å². The molecular weight excluding hydrogens is 248 g/mol. The van der Waals surface area contributed by atoms with Crippen molar-refractivity contribution in [3.8, 4) is 0 Å². The molecule has 1 atom stereocenters. The van der Waals surface area contributed by atoms with Crippen molar-refractivity contribution in [1.82, 2.24) is 4.98 Å². The zero-order valence-electron chi connectivity index (χ0n) is 8.28. The Labute approximate surface area is 104 Å². The van der Waals surface area contributed by atoms with Gasteiger partial charge in [-0.15, -0.1) is 0 Å². The first kappa shape index (κ1) is 11.4. The third kappa shape index (κ3) is 3.47. The molecule has 0 amide bonds. The predicted molar refractivity (Wildman–Crippen MR) is 71.3 cm³/mol. The lowest BCUT2D eigenvalue weighted by molar-refractivity contribution is 1.00. The number of hydrogen-bond acceptors (Lipinski definition) is 4. The maximum atomic E-state index is 6.00. The van der Waals surface area contributed by atoms with E-state index in [-0.39, 0.29) is 0 Å². The molecule has 1 aromatic rings. The number of halogens is 1. The molecule has 2 heterocycles. The smallest absolute Gasteiger partial charge is 0.0820 e. The van der Waals surface area contributed by atoms with E-state index in [9.17, 15) is 0 Å². The Hall–Kier alpha value is -0.0600. The average molecular weight is 261 g/mol. The van der Waals surface area contributed by atoms with Gasteiger partial charge in [0.1, 0.15) is 0 Å². The second-order valence-corrected chi connectivity index (χ2v) is 6.27. The van der Waals surface area contributed by atoms with Crippen LogP contribution in [0.15, 0.2) is 18.5 Å². The monoisotopic (exact) mass is 260 g/mol. The topological polar surface area (TPSA) is 24.9 Å². The molecule has 0 bridgehead atoms. The summed E-state index contributed by atoms with van der Waals surface area (Å²) < 4.78 is 0. The molecule has 0 aromatic carbocycles. The van der Waals surface area contributed by atoms with Crippen LogP contribution in [0.4, 0.5) is 5.69 Å². The van der Waals surface area contributed by atoms with Gasteiger partial charge in [-0.3, -0.25) is 4.98 Å². The minimum absolute atomic E-state index is 0.700. The van der Waals surface area contributed by atoms with Crippen molar-refractivity contribution in [2.24, 2.45) is 0 Å². The van der Waals surface area contributed by atoms with Crippen LogP contribution >= 0.6 is 35.1 Å². The van der Waals surface area contributed by atoms with Crippen molar-refractivity contribution < 1.29 is 0 Å². The molecule has 1 saturated heterocycles. The van der Waals surface area contributed by atoms with E-state index in [1.54, 1.807) is 12.4 Å². The van der Waals surface area contributed by atoms with E-state index in [0.29, 0.717) is 10.3 Å². The van der Waals surface area contributed by atoms with E-state index in [2.05, 4.69) is 10.3 Å². The Morgan fingerprint density at radius 2 is 2.47 bits per heavy atom. The van der Waals surface area contributed by atoms with Gasteiger partial charge >= 0.3 is 0 Å². The Morgan fingerprint density at radius 3 is 3.20 bits per heavy atom. The normalized spacial score (nSPS) is 21.3. The first-order valence-electron chi connectivity index (χ1n) is 4.89. The summed E-state index contributed by atoms with van der Waals surface area (Å²) in [6, 6.07) is 1.92. The molecule has 15 heavy (non-hydrogen) atoms. The molecule has 5 heteroatoms. The number of pyridine rings is 1. The molecule has 1 fully saturated rings. The maximum Gasteiger partial charge on any atom is 0.0820 e. The highest BCUT2D eigenvalue weighted by atomic mass is 35.5. The van der Waals surface area contributed by atoms with E-state index in [0.717, 1.165) is 12.2 Å². The molecule has 2 nitrogen and oxygen atoms in total. The van der Waals surface area contributed by atoms with Gasteiger partial charge in [-0.05, 0) is 6.07 Å². The van der Waals surface area contributed by atoms with Crippen LogP contribution in [0.5, 0.6) is 0 Å². The molecular formula is C10H13ClN2S2. The fourth-order valence-electron chi connectivity index (χ4n) is 1.40. The van der Waals surface area contributed by atoms with Crippen LogP contribution in [0.25, 0.3) is 0 Å². The summed E-state index contributed by atoms with van der Waals surface area (Å²) in [6.07, 6.45) is 3.43. The lowest BCUT2D eigenvalue weighted by Gasteiger charge is -2.21. The number of anilines is 1. The second kappa shape index (κ2) is 5.87. The van der Waals surface area contributed by atoms with Crippen molar-refractivity contribution in [3.05, 3.63) is 23.5 Å². The van der Waals surface area contributed by atoms with Gasteiger partial charge in [0.25, 0.3) is 0 Å². The summed E-state index contributed by atoms with van der Waals surface area (Å²) in [4.78, 5) is 3.96. The van der Waals surface area contributed by atoms with Gasteiger partial charge in [0, 0.05) is 41.4 Å². The van der Waals surface area contributed by atoms with Crippen LogP contribution in [-0.4, -0.2) is 34.0 Å². The lowest BCUT2D eigenvalue weighted by Crippen LogP contribution is -2.23. The molecule has 1 aliphatic heterocycles. The molecule has 1 unspecified atom stereocenters. The summed E-state index contributed by atoms with van der Waals surface area (Å²) >= 11 is 10.1. The van der Waals surface area contributed by atoms with Crippen molar-refractivity contribution in [3.63, 3.8) is 0 Å². The van der Waals surface area contributed by atoms with Crippen LogP contribution in [-0.2, 0) is 0 Å². The minimum Gasteiger partial charge on any atom is -0.383 e. The molecule has 1 aliphatic rings. The van der Waals surface area contributed by atoms with Gasteiger partial charge < -0.3 is 5.32 Å². The Balaban J connectivity index is 1.84. The molecule has 0 spiro atoms. The predicted octanol–water partition coefficient (Wildman–Crippen LogP) is 3.00. The fourth-order valence-corrected chi connectivity index (χ4v) is 4.19. The SMILES string of the molecule is Clc1cnccc1NCC1CSCCS1. The van der Waals surface area contributed by atoms with Crippen LogP contribution in [0.2, 0.25) is 5.02 Å². The number of thioether (sulfide) groups is 2. The number of nitrogens with zero attached hydrogens (tertiary/aromatic N) is 1. The zero-order chi connectivity index (χ0) is 10.5. The lowest BCUT2D eigenvalue weighted by atomic mass is 10.4. The summed E-state index contributed by atoms with van der Waals surface area (Å²) in [6.45, 7) is 0.988. The number of nitrogens with one attached hydrogen (secondary N) is 1. The molecule has 1 N–H and O–H groups in total.